The molecular formula is C13H17F2N3O2. The first kappa shape index (κ1) is 14.6. The number of hydrogen-bond donors (Lipinski definition) is 1. The molecular weight excluding hydrogens is 268 g/mol. The van der Waals surface area contributed by atoms with Crippen molar-refractivity contribution in [2.75, 3.05) is 32.0 Å². The van der Waals surface area contributed by atoms with Gasteiger partial charge in [0.05, 0.1) is 4.92 Å². The minimum Gasteiger partial charge on any atom is -0.379 e. The van der Waals surface area contributed by atoms with Gasteiger partial charge in [0.15, 0.2) is 0 Å². The maximum absolute atomic E-state index is 13.5. The molecule has 1 aromatic carbocycles. The van der Waals surface area contributed by atoms with Gasteiger partial charge in [0.25, 0.3) is 0 Å². The molecule has 0 saturated carbocycles. The van der Waals surface area contributed by atoms with Gasteiger partial charge in [0, 0.05) is 18.7 Å². The van der Waals surface area contributed by atoms with Crippen molar-refractivity contribution in [3.8, 4) is 0 Å². The Morgan fingerprint density at radius 1 is 1.40 bits per heavy atom. The number of anilines is 1. The fraction of sp³-hybridized carbons (Fsp3) is 0.538. The molecule has 2 rings (SSSR count). The van der Waals surface area contributed by atoms with Crippen LogP contribution >= 0.6 is 0 Å². The molecule has 0 amide bonds. The van der Waals surface area contributed by atoms with Crippen molar-refractivity contribution in [2.45, 2.75) is 12.8 Å². The molecule has 0 spiro atoms. The van der Waals surface area contributed by atoms with Crippen LogP contribution in [0.3, 0.4) is 0 Å². The first-order valence-corrected chi connectivity index (χ1v) is 6.53. The van der Waals surface area contributed by atoms with Crippen LogP contribution in [0.25, 0.3) is 0 Å². The summed E-state index contributed by atoms with van der Waals surface area (Å²) >= 11 is 0. The number of rotatable bonds is 4. The van der Waals surface area contributed by atoms with Crippen molar-refractivity contribution in [3.63, 3.8) is 0 Å². The maximum Gasteiger partial charge on any atom is 0.327 e. The molecule has 0 bridgehead atoms. The largest absolute Gasteiger partial charge is 0.379 e. The lowest BCUT2D eigenvalue weighted by molar-refractivity contribution is -0.386. The monoisotopic (exact) mass is 285 g/mol. The third-order valence-corrected chi connectivity index (χ3v) is 3.63. The Bertz CT molecular complexity index is 503. The second kappa shape index (κ2) is 6.13. The Labute approximate surface area is 115 Å². The molecule has 20 heavy (non-hydrogen) atoms. The van der Waals surface area contributed by atoms with Crippen LogP contribution in [0.1, 0.15) is 12.8 Å². The van der Waals surface area contributed by atoms with Crippen molar-refractivity contribution < 1.29 is 13.7 Å². The highest BCUT2D eigenvalue weighted by molar-refractivity contribution is 5.62. The van der Waals surface area contributed by atoms with Crippen molar-refractivity contribution in [2.24, 2.45) is 5.92 Å². The molecule has 1 N–H and O–H groups in total. The van der Waals surface area contributed by atoms with Crippen LogP contribution in [0.2, 0.25) is 0 Å². The zero-order valence-corrected chi connectivity index (χ0v) is 11.2. The summed E-state index contributed by atoms with van der Waals surface area (Å²) in [5, 5.41) is 13.7. The van der Waals surface area contributed by atoms with E-state index >= 15 is 0 Å². The van der Waals surface area contributed by atoms with Crippen LogP contribution in [0.4, 0.5) is 20.2 Å². The summed E-state index contributed by atoms with van der Waals surface area (Å²) in [6.07, 6.45) is 1.93. The summed E-state index contributed by atoms with van der Waals surface area (Å²) in [7, 11) is 2.04. The highest BCUT2D eigenvalue weighted by Crippen LogP contribution is 2.29. The molecule has 0 unspecified atom stereocenters. The van der Waals surface area contributed by atoms with E-state index in [-0.39, 0.29) is 5.69 Å². The van der Waals surface area contributed by atoms with Gasteiger partial charge in [-0.1, -0.05) is 0 Å². The first-order valence-electron chi connectivity index (χ1n) is 6.53. The lowest BCUT2D eigenvalue weighted by Crippen LogP contribution is -2.33. The average molecular weight is 285 g/mol. The summed E-state index contributed by atoms with van der Waals surface area (Å²) in [5.41, 5.74) is -0.786. The molecule has 1 fully saturated rings. The SMILES string of the molecule is CN1CCC(CNc2cc(F)cc(F)c2[N+](=O)[O-])CC1. The minimum atomic E-state index is -1.15. The Kier molecular flexibility index (Phi) is 4.49. The maximum atomic E-state index is 13.5. The van der Waals surface area contributed by atoms with Crippen molar-refractivity contribution >= 4 is 11.4 Å². The normalized spacial score (nSPS) is 17.1. The van der Waals surface area contributed by atoms with E-state index in [0.717, 1.165) is 32.0 Å². The van der Waals surface area contributed by atoms with Gasteiger partial charge >= 0.3 is 5.69 Å². The van der Waals surface area contributed by atoms with E-state index in [1.165, 1.54) is 0 Å². The summed E-state index contributed by atoms with van der Waals surface area (Å²) in [6, 6.07) is 1.50. The van der Waals surface area contributed by atoms with E-state index in [0.29, 0.717) is 18.5 Å². The molecule has 1 aliphatic heterocycles. The van der Waals surface area contributed by atoms with Gasteiger partial charge in [-0.05, 0) is 38.9 Å². The fourth-order valence-electron chi connectivity index (χ4n) is 2.41. The van der Waals surface area contributed by atoms with Crippen LogP contribution in [0.15, 0.2) is 12.1 Å². The number of nitro benzene ring substituents is 1. The number of nitrogens with zero attached hydrogens (tertiary/aromatic N) is 2. The smallest absolute Gasteiger partial charge is 0.327 e. The third kappa shape index (κ3) is 3.41. The Morgan fingerprint density at radius 2 is 2.05 bits per heavy atom. The predicted molar refractivity (Wildman–Crippen MR) is 71.7 cm³/mol. The van der Waals surface area contributed by atoms with Crippen LogP contribution in [0.5, 0.6) is 0 Å². The summed E-state index contributed by atoms with van der Waals surface area (Å²) < 4.78 is 26.6. The zero-order chi connectivity index (χ0) is 14.7. The highest BCUT2D eigenvalue weighted by Gasteiger charge is 2.23. The van der Waals surface area contributed by atoms with Gasteiger partial charge in [0.2, 0.25) is 5.82 Å². The molecule has 1 aliphatic rings. The molecule has 1 heterocycles. The number of benzene rings is 1. The van der Waals surface area contributed by atoms with E-state index in [2.05, 4.69) is 10.2 Å². The molecule has 110 valence electrons. The molecule has 0 radical (unpaired) electrons. The molecule has 1 saturated heterocycles. The minimum absolute atomic E-state index is 0.0913. The lowest BCUT2D eigenvalue weighted by atomic mass is 9.97. The second-order valence-corrected chi connectivity index (χ2v) is 5.17. The van der Waals surface area contributed by atoms with E-state index in [1.54, 1.807) is 0 Å². The van der Waals surface area contributed by atoms with E-state index in [4.69, 9.17) is 0 Å². The van der Waals surface area contributed by atoms with Gasteiger partial charge in [-0.2, -0.15) is 4.39 Å². The summed E-state index contributed by atoms with van der Waals surface area (Å²) in [4.78, 5) is 12.2. The Hall–Kier alpha value is -1.76. The summed E-state index contributed by atoms with van der Waals surface area (Å²) in [5.74, 6) is -1.61. The number of hydrogen-bond acceptors (Lipinski definition) is 4. The second-order valence-electron chi connectivity index (χ2n) is 5.17. The standard InChI is InChI=1S/C13H17F2N3O2/c1-17-4-2-9(3-5-17)8-16-12-7-10(14)6-11(15)13(12)18(19)20/h6-7,9,16H,2-5,8H2,1H3. The highest BCUT2D eigenvalue weighted by atomic mass is 19.1. The molecule has 0 aliphatic carbocycles. The van der Waals surface area contributed by atoms with Gasteiger partial charge in [-0.15, -0.1) is 0 Å². The van der Waals surface area contributed by atoms with Crippen LogP contribution in [-0.2, 0) is 0 Å². The number of piperidine rings is 1. The first-order chi connectivity index (χ1) is 9.47. The van der Waals surface area contributed by atoms with E-state index in [1.807, 2.05) is 7.05 Å². The van der Waals surface area contributed by atoms with Crippen LogP contribution in [-0.4, -0.2) is 36.5 Å². The van der Waals surface area contributed by atoms with Crippen molar-refractivity contribution in [3.05, 3.63) is 33.9 Å². The van der Waals surface area contributed by atoms with E-state index in [9.17, 15) is 18.9 Å². The van der Waals surface area contributed by atoms with Gasteiger partial charge < -0.3 is 10.2 Å². The van der Waals surface area contributed by atoms with Crippen molar-refractivity contribution in [1.82, 2.24) is 4.90 Å². The zero-order valence-electron chi connectivity index (χ0n) is 11.2. The molecule has 0 aromatic heterocycles. The quantitative estimate of drug-likeness (QED) is 0.682. The topological polar surface area (TPSA) is 58.4 Å². The molecule has 5 nitrogen and oxygen atoms in total. The molecule has 0 atom stereocenters. The van der Waals surface area contributed by atoms with Gasteiger partial charge in [-0.25, -0.2) is 4.39 Å². The van der Waals surface area contributed by atoms with Gasteiger partial charge in [0.1, 0.15) is 11.5 Å². The number of nitro groups is 1. The van der Waals surface area contributed by atoms with Crippen LogP contribution < -0.4 is 5.32 Å². The number of halogens is 2. The van der Waals surface area contributed by atoms with E-state index < -0.39 is 22.2 Å². The Balaban J connectivity index is 2.07. The fourth-order valence-corrected chi connectivity index (χ4v) is 2.41. The van der Waals surface area contributed by atoms with Crippen LogP contribution in [0, 0.1) is 27.7 Å². The number of nitrogens with one attached hydrogen (secondary N) is 1. The average Bonchev–Trinajstić information content (AvgIpc) is 2.36. The summed E-state index contributed by atoms with van der Waals surface area (Å²) in [6.45, 7) is 2.41. The molecule has 7 heteroatoms. The Morgan fingerprint density at radius 3 is 2.65 bits per heavy atom. The lowest BCUT2D eigenvalue weighted by Gasteiger charge is -2.29. The van der Waals surface area contributed by atoms with Crippen molar-refractivity contribution in [1.29, 1.82) is 0 Å². The molecule has 1 aromatic rings. The van der Waals surface area contributed by atoms with Gasteiger partial charge in [-0.3, -0.25) is 10.1 Å². The number of likely N-dealkylation sites (tertiary alicyclic amines) is 1. The predicted octanol–water partition coefficient (Wildman–Crippen LogP) is 2.63. The third-order valence-electron chi connectivity index (χ3n) is 3.63.